The van der Waals surface area contributed by atoms with Crippen LogP contribution in [0.1, 0.15) is 11.1 Å². The Balaban J connectivity index is 1.51. The van der Waals surface area contributed by atoms with Crippen molar-refractivity contribution in [1.82, 2.24) is 0 Å². The fourth-order valence-electron chi connectivity index (χ4n) is 2.14. The summed E-state index contributed by atoms with van der Waals surface area (Å²) in [5, 5.41) is 0. The van der Waals surface area contributed by atoms with Gasteiger partial charge in [-0.2, -0.15) is 0 Å². The Morgan fingerprint density at radius 3 is 2.45 bits per heavy atom. The summed E-state index contributed by atoms with van der Waals surface area (Å²) in [5.41, 5.74) is 2.28. The van der Waals surface area contributed by atoms with Gasteiger partial charge in [-0.1, -0.05) is 48.5 Å². The molecular formula is C17H17NO2. The van der Waals surface area contributed by atoms with Gasteiger partial charge in [-0.15, -0.1) is 0 Å². The van der Waals surface area contributed by atoms with Crippen LogP contribution in [0, 0.1) is 0 Å². The van der Waals surface area contributed by atoms with Gasteiger partial charge < -0.3 is 9.47 Å². The highest BCUT2D eigenvalue weighted by Gasteiger charge is 2.20. The van der Waals surface area contributed by atoms with Crippen molar-refractivity contribution in [3.63, 3.8) is 0 Å². The summed E-state index contributed by atoms with van der Waals surface area (Å²) in [6.45, 7) is 1.16. The monoisotopic (exact) mass is 267 g/mol. The number of ether oxygens (including phenoxy) is 2. The largest absolute Gasteiger partial charge is 0.473 e. The maximum Gasteiger partial charge on any atom is 0.218 e. The molecule has 1 heterocycles. The van der Waals surface area contributed by atoms with Crippen LogP contribution in [0.5, 0.6) is 0 Å². The van der Waals surface area contributed by atoms with E-state index in [0.29, 0.717) is 19.1 Å². The number of rotatable bonds is 5. The van der Waals surface area contributed by atoms with Gasteiger partial charge in [0.25, 0.3) is 0 Å². The Morgan fingerprint density at radius 1 is 1.00 bits per heavy atom. The second-order valence-corrected chi connectivity index (χ2v) is 4.67. The minimum atomic E-state index is -0.186. The van der Waals surface area contributed by atoms with E-state index in [1.54, 1.807) is 0 Å². The highest BCUT2D eigenvalue weighted by Crippen LogP contribution is 2.13. The van der Waals surface area contributed by atoms with Crippen LogP contribution in [0.4, 0.5) is 0 Å². The fraction of sp³-hybridized carbons (Fsp3) is 0.235. The Morgan fingerprint density at radius 2 is 1.70 bits per heavy atom. The second kappa shape index (κ2) is 6.35. The van der Waals surface area contributed by atoms with Crippen LogP contribution in [0.3, 0.4) is 0 Å². The average molecular weight is 267 g/mol. The minimum absolute atomic E-state index is 0.186. The van der Waals surface area contributed by atoms with Crippen molar-refractivity contribution in [3.05, 3.63) is 71.8 Å². The molecule has 2 aromatic carbocycles. The van der Waals surface area contributed by atoms with Crippen molar-refractivity contribution in [2.24, 2.45) is 4.99 Å². The standard InChI is InChI=1S/C17H17NO2/c1-3-7-14(8-4-1)11-12-19-16-13-20-17(18-16)15-9-5-2-6-10-15/h1-10,16H,11-13H2. The third kappa shape index (κ3) is 3.25. The molecule has 1 unspecified atom stereocenters. The van der Waals surface area contributed by atoms with Gasteiger partial charge in [0.05, 0.1) is 6.61 Å². The molecule has 1 aliphatic rings. The molecule has 1 atom stereocenters. The number of nitrogens with zero attached hydrogens (tertiary/aromatic N) is 1. The Labute approximate surface area is 118 Å². The van der Waals surface area contributed by atoms with Gasteiger partial charge in [0.1, 0.15) is 6.61 Å². The van der Waals surface area contributed by atoms with Gasteiger partial charge in [-0.3, -0.25) is 0 Å². The molecule has 0 spiro atoms. The molecule has 0 saturated carbocycles. The molecule has 20 heavy (non-hydrogen) atoms. The molecule has 0 radical (unpaired) electrons. The SMILES string of the molecule is c1ccc(CCOC2COC(c3ccccc3)=N2)cc1. The van der Waals surface area contributed by atoms with Gasteiger partial charge in [0.2, 0.25) is 5.90 Å². The van der Waals surface area contributed by atoms with E-state index in [2.05, 4.69) is 17.1 Å². The summed E-state index contributed by atoms with van der Waals surface area (Å²) in [6.07, 6.45) is 0.710. The first-order chi connectivity index (χ1) is 9.92. The van der Waals surface area contributed by atoms with E-state index in [1.807, 2.05) is 48.5 Å². The summed E-state index contributed by atoms with van der Waals surface area (Å²) < 4.78 is 11.3. The summed E-state index contributed by atoms with van der Waals surface area (Å²) in [7, 11) is 0. The van der Waals surface area contributed by atoms with Crippen molar-refractivity contribution in [3.8, 4) is 0 Å². The lowest BCUT2D eigenvalue weighted by Crippen LogP contribution is -2.13. The number of hydrogen-bond acceptors (Lipinski definition) is 3. The third-order valence-corrected chi connectivity index (χ3v) is 3.19. The summed E-state index contributed by atoms with van der Waals surface area (Å²) in [4.78, 5) is 4.46. The first-order valence-corrected chi connectivity index (χ1v) is 6.83. The molecule has 0 saturated heterocycles. The summed E-state index contributed by atoms with van der Waals surface area (Å²) in [5.74, 6) is 0.676. The highest BCUT2D eigenvalue weighted by atomic mass is 16.6. The van der Waals surface area contributed by atoms with Crippen LogP contribution in [-0.4, -0.2) is 25.3 Å². The van der Waals surface area contributed by atoms with Crippen LogP contribution >= 0.6 is 0 Å². The number of benzene rings is 2. The van der Waals surface area contributed by atoms with Crippen LogP contribution in [0.2, 0.25) is 0 Å². The van der Waals surface area contributed by atoms with Gasteiger partial charge in [-0.05, 0) is 24.1 Å². The molecule has 0 aromatic heterocycles. The van der Waals surface area contributed by atoms with E-state index in [9.17, 15) is 0 Å². The predicted molar refractivity (Wildman–Crippen MR) is 78.8 cm³/mol. The highest BCUT2D eigenvalue weighted by molar-refractivity contribution is 5.94. The molecule has 0 N–H and O–H groups in total. The maximum absolute atomic E-state index is 5.75. The molecule has 3 nitrogen and oxygen atoms in total. The Bertz CT molecular complexity index is 566. The van der Waals surface area contributed by atoms with Gasteiger partial charge >= 0.3 is 0 Å². The summed E-state index contributed by atoms with van der Waals surface area (Å²) >= 11 is 0. The van der Waals surface area contributed by atoms with Crippen molar-refractivity contribution in [2.45, 2.75) is 12.6 Å². The van der Waals surface area contributed by atoms with E-state index in [1.165, 1.54) is 5.56 Å². The van der Waals surface area contributed by atoms with Gasteiger partial charge in [0, 0.05) is 5.56 Å². The Kier molecular flexibility index (Phi) is 4.09. The van der Waals surface area contributed by atoms with Crippen molar-refractivity contribution in [1.29, 1.82) is 0 Å². The molecule has 102 valence electrons. The molecule has 1 aliphatic heterocycles. The lowest BCUT2D eigenvalue weighted by molar-refractivity contribution is 0.0429. The molecular weight excluding hydrogens is 250 g/mol. The lowest BCUT2D eigenvalue weighted by atomic mass is 10.2. The van der Waals surface area contributed by atoms with Crippen LogP contribution < -0.4 is 0 Å². The van der Waals surface area contributed by atoms with Crippen LogP contribution in [0.25, 0.3) is 0 Å². The molecule has 3 heteroatoms. The zero-order chi connectivity index (χ0) is 13.6. The van der Waals surface area contributed by atoms with E-state index in [4.69, 9.17) is 9.47 Å². The first-order valence-electron chi connectivity index (χ1n) is 6.83. The Hall–Kier alpha value is -2.13. The first kappa shape index (κ1) is 12.9. The number of hydrogen-bond donors (Lipinski definition) is 0. The lowest BCUT2D eigenvalue weighted by Gasteiger charge is -2.07. The fourth-order valence-corrected chi connectivity index (χ4v) is 2.14. The van der Waals surface area contributed by atoms with Gasteiger partial charge in [-0.25, -0.2) is 4.99 Å². The number of aliphatic imine (C=N–C) groups is 1. The van der Waals surface area contributed by atoms with E-state index in [0.717, 1.165) is 12.0 Å². The van der Waals surface area contributed by atoms with Crippen LogP contribution in [0.15, 0.2) is 65.7 Å². The quantitative estimate of drug-likeness (QED) is 0.833. The minimum Gasteiger partial charge on any atom is -0.473 e. The zero-order valence-electron chi connectivity index (χ0n) is 11.2. The van der Waals surface area contributed by atoms with Crippen molar-refractivity contribution < 1.29 is 9.47 Å². The maximum atomic E-state index is 5.75. The topological polar surface area (TPSA) is 30.8 Å². The molecule has 0 bridgehead atoms. The summed E-state index contributed by atoms with van der Waals surface area (Å²) in [6, 6.07) is 20.2. The molecule has 0 aliphatic carbocycles. The van der Waals surface area contributed by atoms with Crippen molar-refractivity contribution >= 4 is 5.90 Å². The average Bonchev–Trinajstić information content (AvgIpc) is 2.98. The normalized spacial score (nSPS) is 17.6. The smallest absolute Gasteiger partial charge is 0.218 e. The van der Waals surface area contributed by atoms with Crippen molar-refractivity contribution in [2.75, 3.05) is 13.2 Å². The predicted octanol–water partition coefficient (Wildman–Crippen LogP) is 3.05. The molecule has 3 rings (SSSR count). The van der Waals surface area contributed by atoms with Gasteiger partial charge in [0.15, 0.2) is 6.23 Å². The zero-order valence-corrected chi connectivity index (χ0v) is 11.2. The van der Waals surface area contributed by atoms with E-state index in [-0.39, 0.29) is 6.23 Å². The van der Waals surface area contributed by atoms with E-state index >= 15 is 0 Å². The molecule has 0 fully saturated rings. The van der Waals surface area contributed by atoms with E-state index < -0.39 is 0 Å². The molecule has 0 amide bonds. The van der Waals surface area contributed by atoms with Crippen LogP contribution in [-0.2, 0) is 15.9 Å². The third-order valence-electron chi connectivity index (χ3n) is 3.19. The second-order valence-electron chi connectivity index (χ2n) is 4.67. The molecule has 2 aromatic rings.